The molecule has 0 saturated carbocycles. The Bertz CT molecular complexity index is 827. The Kier molecular flexibility index (Phi) is 5.00. The third kappa shape index (κ3) is 3.51. The van der Waals surface area contributed by atoms with E-state index in [1.54, 1.807) is 6.26 Å². The number of ether oxygens (including phenoxy) is 1. The molecular weight excluding hydrogens is 326 g/mol. The van der Waals surface area contributed by atoms with Gasteiger partial charge in [-0.05, 0) is 18.6 Å². The van der Waals surface area contributed by atoms with Gasteiger partial charge in [0.25, 0.3) is 0 Å². The molecule has 2 heterocycles. The predicted octanol–water partition coefficient (Wildman–Crippen LogP) is 3.16. The lowest BCUT2D eigenvalue weighted by Crippen LogP contribution is -2.07. The van der Waals surface area contributed by atoms with Crippen molar-refractivity contribution in [2.75, 3.05) is 12.9 Å². The average molecular weight is 343 g/mol. The summed E-state index contributed by atoms with van der Waals surface area (Å²) in [6.07, 6.45) is 1.63. The van der Waals surface area contributed by atoms with Crippen LogP contribution in [0.1, 0.15) is 11.3 Å². The van der Waals surface area contributed by atoms with E-state index >= 15 is 0 Å². The summed E-state index contributed by atoms with van der Waals surface area (Å²) < 4.78 is 12.1. The van der Waals surface area contributed by atoms with Crippen molar-refractivity contribution in [3.8, 4) is 11.4 Å². The van der Waals surface area contributed by atoms with Gasteiger partial charge in [0, 0.05) is 0 Å². The zero-order valence-corrected chi connectivity index (χ0v) is 14.2. The molecule has 0 bridgehead atoms. The lowest BCUT2D eigenvalue weighted by atomic mass is 10.2. The summed E-state index contributed by atoms with van der Waals surface area (Å²) in [4.78, 5) is 11.4. The number of esters is 1. The number of furan rings is 1. The van der Waals surface area contributed by atoms with Crippen LogP contribution in [-0.4, -0.2) is 33.6 Å². The van der Waals surface area contributed by atoms with Crippen LogP contribution in [0.15, 0.2) is 52.2 Å². The molecule has 0 saturated heterocycles. The number of nitrogens with zero attached hydrogens (tertiary/aromatic N) is 3. The topological polar surface area (TPSA) is 70.2 Å². The smallest absolute Gasteiger partial charge is 0.316 e. The number of benzene rings is 1. The number of rotatable bonds is 6. The molecule has 0 amide bonds. The van der Waals surface area contributed by atoms with E-state index in [4.69, 9.17) is 9.15 Å². The van der Waals surface area contributed by atoms with Crippen LogP contribution in [0.5, 0.6) is 0 Å². The molecule has 0 aliphatic rings. The van der Waals surface area contributed by atoms with Gasteiger partial charge in [0.1, 0.15) is 5.76 Å². The second-order valence-electron chi connectivity index (χ2n) is 5.13. The molecule has 1 aromatic carbocycles. The summed E-state index contributed by atoms with van der Waals surface area (Å²) in [6.45, 7) is 2.50. The van der Waals surface area contributed by atoms with Crippen LogP contribution in [-0.2, 0) is 16.1 Å². The van der Waals surface area contributed by atoms with Crippen LogP contribution >= 0.6 is 11.8 Å². The molecule has 0 N–H and O–H groups in total. The molecule has 3 aromatic rings. The quantitative estimate of drug-likeness (QED) is 0.506. The number of carbonyl (C=O) groups is 1. The van der Waals surface area contributed by atoms with Crippen molar-refractivity contribution in [2.24, 2.45) is 0 Å². The zero-order chi connectivity index (χ0) is 16.9. The molecule has 0 spiro atoms. The van der Waals surface area contributed by atoms with Gasteiger partial charge in [-0.25, -0.2) is 0 Å². The summed E-state index contributed by atoms with van der Waals surface area (Å²) in [5, 5.41) is 9.21. The first-order chi connectivity index (χ1) is 11.7. The van der Waals surface area contributed by atoms with Crippen molar-refractivity contribution in [3.63, 3.8) is 0 Å². The molecule has 0 aliphatic carbocycles. The number of hydrogen-bond acceptors (Lipinski definition) is 6. The van der Waals surface area contributed by atoms with Gasteiger partial charge in [0.15, 0.2) is 11.0 Å². The summed E-state index contributed by atoms with van der Waals surface area (Å²) in [6, 6.07) is 11.9. The van der Waals surface area contributed by atoms with E-state index in [1.165, 1.54) is 18.9 Å². The predicted molar refractivity (Wildman–Crippen MR) is 90.7 cm³/mol. The number of aryl methyl sites for hydroxylation is 1. The summed E-state index contributed by atoms with van der Waals surface area (Å²) in [7, 11) is 1.37. The Labute approximate surface area is 143 Å². The Hall–Kier alpha value is -2.54. The molecule has 0 unspecified atom stereocenters. The first kappa shape index (κ1) is 16.3. The monoisotopic (exact) mass is 343 g/mol. The average Bonchev–Trinajstić information content (AvgIpc) is 3.19. The highest BCUT2D eigenvalue weighted by atomic mass is 32.2. The maximum atomic E-state index is 11.4. The van der Waals surface area contributed by atoms with E-state index in [9.17, 15) is 4.79 Å². The minimum Gasteiger partial charge on any atom is -0.469 e. The van der Waals surface area contributed by atoms with Crippen molar-refractivity contribution in [2.45, 2.75) is 18.6 Å². The van der Waals surface area contributed by atoms with Crippen LogP contribution in [0.25, 0.3) is 11.4 Å². The SMILES string of the molecule is COC(=O)CSc1nnc(-c2ccoc2C)n1Cc1ccccc1. The largest absolute Gasteiger partial charge is 0.469 e. The highest BCUT2D eigenvalue weighted by Crippen LogP contribution is 2.27. The molecule has 3 rings (SSSR count). The maximum Gasteiger partial charge on any atom is 0.316 e. The fourth-order valence-electron chi connectivity index (χ4n) is 2.30. The van der Waals surface area contributed by atoms with Gasteiger partial charge in [-0.15, -0.1) is 10.2 Å². The molecule has 124 valence electrons. The molecule has 0 aliphatic heterocycles. The van der Waals surface area contributed by atoms with Crippen LogP contribution in [0.4, 0.5) is 0 Å². The van der Waals surface area contributed by atoms with E-state index in [1.807, 2.05) is 47.9 Å². The fraction of sp³-hybridized carbons (Fsp3) is 0.235. The standard InChI is InChI=1S/C17H17N3O3S/c1-12-14(8-9-23-12)16-18-19-17(24-11-15(21)22-2)20(16)10-13-6-4-3-5-7-13/h3-9H,10-11H2,1-2H3. The zero-order valence-electron chi connectivity index (χ0n) is 13.4. The number of carbonyl (C=O) groups excluding carboxylic acids is 1. The van der Waals surface area contributed by atoms with Gasteiger partial charge >= 0.3 is 5.97 Å². The molecule has 2 aromatic heterocycles. The lowest BCUT2D eigenvalue weighted by Gasteiger charge is -2.09. The highest BCUT2D eigenvalue weighted by Gasteiger charge is 2.18. The third-order valence-corrected chi connectivity index (χ3v) is 4.49. The molecular formula is C17H17N3O3S. The number of thioether (sulfide) groups is 1. The lowest BCUT2D eigenvalue weighted by molar-refractivity contribution is -0.137. The van der Waals surface area contributed by atoms with Gasteiger partial charge < -0.3 is 9.15 Å². The van der Waals surface area contributed by atoms with Gasteiger partial charge in [-0.2, -0.15) is 0 Å². The van der Waals surface area contributed by atoms with E-state index in [0.717, 1.165) is 22.7 Å². The minimum atomic E-state index is -0.296. The first-order valence-corrected chi connectivity index (χ1v) is 8.39. The van der Waals surface area contributed by atoms with E-state index < -0.39 is 0 Å². The highest BCUT2D eigenvalue weighted by molar-refractivity contribution is 7.99. The Morgan fingerprint density at radius 2 is 2.04 bits per heavy atom. The van der Waals surface area contributed by atoms with Crippen LogP contribution in [0, 0.1) is 6.92 Å². The van der Waals surface area contributed by atoms with Gasteiger partial charge in [0.2, 0.25) is 0 Å². The van der Waals surface area contributed by atoms with E-state index in [0.29, 0.717) is 11.7 Å². The Morgan fingerprint density at radius 1 is 1.25 bits per heavy atom. The van der Waals surface area contributed by atoms with Crippen molar-refractivity contribution in [1.29, 1.82) is 0 Å². The Balaban J connectivity index is 1.95. The van der Waals surface area contributed by atoms with Crippen LogP contribution in [0.2, 0.25) is 0 Å². The first-order valence-electron chi connectivity index (χ1n) is 7.40. The number of hydrogen-bond donors (Lipinski definition) is 0. The minimum absolute atomic E-state index is 0.188. The second kappa shape index (κ2) is 7.35. The second-order valence-corrected chi connectivity index (χ2v) is 6.08. The summed E-state index contributed by atoms with van der Waals surface area (Å²) in [5.41, 5.74) is 2.02. The molecule has 0 radical (unpaired) electrons. The van der Waals surface area contributed by atoms with Gasteiger partial charge in [-0.3, -0.25) is 9.36 Å². The van der Waals surface area contributed by atoms with Crippen LogP contribution < -0.4 is 0 Å². The van der Waals surface area contributed by atoms with Crippen molar-refractivity contribution in [3.05, 3.63) is 54.0 Å². The van der Waals surface area contributed by atoms with Crippen molar-refractivity contribution < 1.29 is 13.9 Å². The third-order valence-electron chi connectivity index (χ3n) is 3.55. The normalized spacial score (nSPS) is 10.8. The molecule has 24 heavy (non-hydrogen) atoms. The molecule has 0 fully saturated rings. The van der Waals surface area contributed by atoms with E-state index in [2.05, 4.69) is 10.2 Å². The van der Waals surface area contributed by atoms with Crippen LogP contribution in [0.3, 0.4) is 0 Å². The van der Waals surface area contributed by atoms with Gasteiger partial charge in [0.05, 0.1) is 31.2 Å². The fourth-order valence-corrected chi connectivity index (χ4v) is 3.07. The molecule has 0 atom stereocenters. The number of aromatic nitrogens is 3. The summed E-state index contributed by atoms with van der Waals surface area (Å²) in [5.74, 6) is 1.39. The van der Waals surface area contributed by atoms with Gasteiger partial charge in [-0.1, -0.05) is 42.1 Å². The molecule has 6 nitrogen and oxygen atoms in total. The van der Waals surface area contributed by atoms with Crippen molar-refractivity contribution in [1.82, 2.24) is 14.8 Å². The Morgan fingerprint density at radius 3 is 2.71 bits per heavy atom. The maximum absolute atomic E-state index is 11.4. The number of methoxy groups -OCH3 is 1. The molecule has 7 heteroatoms. The summed E-state index contributed by atoms with van der Waals surface area (Å²) >= 11 is 1.31. The van der Waals surface area contributed by atoms with Crippen molar-refractivity contribution >= 4 is 17.7 Å². The van der Waals surface area contributed by atoms with E-state index in [-0.39, 0.29) is 11.7 Å².